The summed E-state index contributed by atoms with van der Waals surface area (Å²) in [6.07, 6.45) is 1.77. The second-order valence-electron chi connectivity index (χ2n) is 4.80. The molecule has 0 spiro atoms. The first-order valence-corrected chi connectivity index (χ1v) is 6.35. The molecule has 3 amide bonds. The van der Waals surface area contributed by atoms with Gasteiger partial charge >= 0.3 is 6.03 Å². The molecule has 0 aromatic heterocycles. The summed E-state index contributed by atoms with van der Waals surface area (Å²) in [6, 6.07) is 13.6. The van der Waals surface area contributed by atoms with Gasteiger partial charge in [-0.3, -0.25) is 14.6 Å². The predicted octanol–water partition coefficient (Wildman–Crippen LogP) is 2.70. The molecule has 4 nitrogen and oxygen atoms in total. The van der Waals surface area contributed by atoms with Gasteiger partial charge in [-0.15, -0.1) is 0 Å². The molecule has 1 aliphatic rings. The Morgan fingerprint density at radius 3 is 2.30 bits per heavy atom. The molecule has 2 aromatic carbocycles. The molecule has 0 bridgehead atoms. The third kappa shape index (κ3) is 1.77. The van der Waals surface area contributed by atoms with Gasteiger partial charge in [0.05, 0.1) is 0 Å². The maximum absolute atomic E-state index is 12.1. The van der Waals surface area contributed by atoms with E-state index in [1.165, 1.54) is 11.9 Å². The SMILES string of the molecule is CN1C(=O)C(=Cc2cccc3ccccc23)N(C)C1=O. The number of likely N-dealkylation sites (N-methyl/N-ethyl adjacent to an activating group) is 2. The van der Waals surface area contributed by atoms with Crippen molar-refractivity contribution in [2.75, 3.05) is 14.1 Å². The molecule has 1 heterocycles. The fraction of sp³-hybridized carbons (Fsp3) is 0.125. The summed E-state index contributed by atoms with van der Waals surface area (Å²) in [5.41, 5.74) is 1.33. The highest BCUT2D eigenvalue weighted by Gasteiger charge is 2.35. The Bertz CT molecular complexity index is 744. The van der Waals surface area contributed by atoms with Gasteiger partial charge in [-0.05, 0) is 22.4 Å². The number of imide groups is 1. The fourth-order valence-electron chi connectivity index (χ4n) is 2.41. The van der Waals surface area contributed by atoms with Crippen molar-refractivity contribution in [2.24, 2.45) is 0 Å². The standard InChI is InChI=1S/C16H14N2O2/c1-17-14(15(19)18(2)16(17)20)10-12-8-5-7-11-6-3-4-9-13(11)12/h3-10H,1-2H3. The monoisotopic (exact) mass is 266 g/mol. The van der Waals surface area contributed by atoms with Gasteiger partial charge in [-0.2, -0.15) is 0 Å². The molecule has 1 saturated heterocycles. The molecule has 1 fully saturated rings. The highest BCUT2D eigenvalue weighted by Crippen LogP contribution is 2.25. The molecule has 20 heavy (non-hydrogen) atoms. The van der Waals surface area contributed by atoms with E-state index < -0.39 is 0 Å². The van der Waals surface area contributed by atoms with E-state index in [1.54, 1.807) is 13.1 Å². The van der Waals surface area contributed by atoms with E-state index in [9.17, 15) is 9.59 Å². The number of urea groups is 1. The van der Waals surface area contributed by atoms with Gasteiger partial charge in [0.25, 0.3) is 5.91 Å². The van der Waals surface area contributed by atoms with Gasteiger partial charge in [-0.1, -0.05) is 42.5 Å². The zero-order valence-electron chi connectivity index (χ0n) is 11.3. The minimum Gasteiger partial charge on any atom is -0.292 e. The average molecular weight is 266 g/mol. The van der Waals surface area contributed by atoms with Crippen LogP contribution in [-0.4, -0.2) is 35.8 Å². The molecule has 1 aliphatic heterocycles. The summed E-state index contributed by atoms with van der Waals surface area (Å²) < 4.78 is 0. The molecule has 4 heteroatoms. The van der Waals surface area contributed by atoms with Crippen LogP contribution in [0.15, 0.2) is 48.2 Å². The lowest BCUT2D eigenvalue weighted by Gasteiger charge is -2.08. The third-order valence-corrected chi connectivity index (χ3v) is 3.57. The van der Waals surface area contributed by atoms with Crippen molar-refractivity contribution in [3.63, 3.8) is 0 Å². The molecule has 0 aliphatic carbocycles. The van der Waals surface area contributed by atoms with Crippen LogP contribution in [0.25, 0.3) is 16.8 Å². The van der Waals surface area contributed by atoms with E-state index in [0.717, 1.165) is 21.2 Å². The quantitative estimate of drug-likeness (QED) is 0.588. The molecular formula is C16H14N2O2. The van der Waals surface area contributed by atoms with Crippen LogP contribution in [-0.2, 0) is 4.79 Å². The summed E-state index contributed by atoms with van der Waals surface area (Å²) >= 11 is 0. The largest absolute Gasteiger partial charge is 0.331 e. The number of hydrogen-bond acceptors (Lipinski definition) is 2. The van der Waals surface area contributed by atoms with Crippen LogP contribution in [0.4, 0.5) is 4.79 Å². The summed E-state index contributed by atoms with van der Waals surface area (Å²) in [5, 5.41) is 2.17. The van der Waals surface area contributed by atoms with Crippen LogP contribution >= 0.6 is 0 Å². The first-order chi connectivity index (χ1) is 9.59. The smallest absolute Gasteiger partial charge is 0.292 e. The van der Waals surface area contributed by atoms with Gasteiger partial charge in [-0.25, -0.2) is 4.79 Å². The van der Waals surface area contributed by atoms with E-state index in [2.05, 4.69) is 0 Å². The first-order valence-electron chi connectivity index (χ1n) is 6.35. The number of nitrogens with zero attached hydrogens (tertiary/aromatic N) is 2. The lowest BCUT2D eigenvalue weighted by atomic mass is 10.0. The molecule has 0 N–H and O–H groups in total. The summed E-state index contributed by atoms with van der Waals surface area (Å²) in [4.78, 5) is 26.3. The van der Waals surface area contributed by atoms with Crippen molar-refractivity contribution >= 4 is 28.8 Å². The minimum absolute atomic E-state index is 0.273. The molecule has 100 valence electrons. The van der Waals surface area contributed by atoms with E-state index in [-0.39, 0.29) is 11.9 Å². The number of amides is 3. The van der Waals surface area contributed by atoms with Gasteiger partial charge < -0.3 is 0 Å². The maximum atomic E-state index is 12.1. The zero-order valence-corrected chi connectivity index (χ0v) is 11.3. The predicted molar refractivity (Wildman–Crippen MR) is 77.9 cm³/mol. The number of carbonyl (C=O) groups excluding carboxylic acids is 2. The highest BCUT2D eigenvalue weighted by atomic mass is 16.2. The van der Waals surface area contributed by atoms with Crippen molar-refractivity contribution < 1.29 is 9.59 Å². The number of carbonyl (C=O) groups is 2. The molecule has 0 unspecified atom stereocenters. The maximum Gasteiger partial charge on any atom is 0.331 e. The highest BCUT2D eigenvalue weighted by molar-refractivity contribution is 6.14. The van der Waals surface area contributed by atoms with Crippen LogP contribution in [0.5, 0.6) is 0 Å². The molecule has 0 atom stereocenters. The van der Waals surface area contributed by atoms with Crippen LogP contribution in [0.1, 0.15) is 5.56 Å². The van der Waals surface area contributed by atoms with Gasteiger partial charge in [0, 0.05) is 14.1 Å². The number of hydrogen-bond donors (Lipinski definition) is 0. The Morgan fingerprint density at radius 2 is 1.60 bits per heavy atom. The Morgan fingerprint density at radius 1 is 0.900 bits per heavy atom. The zero-order chi connectivity index (χ0) is 14.3. The Labute approximate surface area is 116 Å². The van der Waals surface area contributed by atoms with Crippen molar-refractivity contribution in [1.29, 1.82) is 0 Å². The van der Waals surface area contributed by atoms with Crippen molar-refractivity contribution in [1.82, 2.24) is 9.80 Å². The van der Waals surface area contributed by atoms with Crippen molar-refractivity contribution in [2.45, 2.75) is 0 Å². The summed E-state index contributed by atoms with van der Waals surface area (Å²) in [7, 11) is 3.10. The first kappa shape index (κ1) is 12.4. The van der Waals surface area contributed by atoms with Crippen molar-refractivity contribution in [3.8, 4) is 0 Å². The third-order valence-electron chi connectivity index (χ3n) is 3.57. The molecule has 0 saturated carbocycles. The topological polar surface area (TPSA) is 40.6 Å². The van der Waals surface area contributed by atoms with E-state index in [1.807, 2.05) is 42.5 Å². The van der Waals surface area contributed by atoms with Gasteiger partial charge in [0.2, 0.25) is 0 Å². The fourth-order valence-corrected chi connectivity index (χ4v) is 2.41. The van der Waals surface area contributed by atoms with Gasteiger partial charge in [0.1, 0.15) is 5.70 Å². The van der Waals surface area contributed by atoms with Crippen molar-refractivity contribution in [3.05, 3.63) is 53.7 Å². The molecule has 3 rings (SSSR count). The lowest BCUT2D eigenvalue weighted by molar-refractivity contribution is -0.122. The lowest BCUT2D eigenvalue weighted by Crippen LogP contribution is -2.27. The molecule has 0 radical (unpaired) electrons. The van der Waals surface area contributed by atoms with Crippen LogP contribution < -0.4 is 0 Å². The summed E-state index contributed by atoms with van der Waals surface area (Å²) in [6.45, 7) is 0. The normalized spacial score (nSPS) is 17.6. The second-order valence-corrected chi connectivity index (χ2v) is 4.80. The second kappa shape index (κ2) is 4.49. The average Bonchev–Trinajstić information content (AvgIpc) is 2.65. The van der Waals surface area contributed by atoms with E-state index >= 15 is 0 Å². The summed E-state index contributed by atoms with van der Waals surface area (Å²) in [5.74, 6) is -0.273. The Kier molecular flexibility index (Phi) is 2.79. The van der Waals surface area contributed by atoms with E-state index in [0.29, 0.717) is 5.70 Å². The van der Waals surface area contributed by atoms with E-state index in [4.69, 9.17) is 0 Å². The van der Waals surface area contributed by atoms with Crippen LogP contribution in [0, 0.1) is 0 Å². The number of rotatable bonds is 1. The Hall–Kier alpha value is -2.62. The minimum atomic E-state index is -0.304. The van der Waals surface area contributed by atoms with Gasteiger partial charge in [0.15, 0.2) is 0 Å². The molecular weight excluding hydrogens is 252 g/mol. The number of fused-ring (bicyclic) bond motifs is 1. The number of benzene rings is 2. The van der Waals surface area contributed by atoms with Crippen LogP contribution in [0.3, 0.4) is 0 Å². The Balaban J connectivity index is 2.16. The molecule has 2 aromatic rings. The van der Waals surface area contributed by atoms with Crippen LogP contribution in [0.2, 0.25) is 0 Å².